The molecule has 0 bridgehead atoms. The smallest absolute Gasteiger partial charge is 0.296 e. The van der Waals surface area contributed by atoms with Crippen molar-refractivity contribution in [3.05, 3.63) is 23.3 Å². The summed E-state index contributed by atoms with van der Waals surface area (Å²) in [4.78, 5) is -0.180. The molecule has 4 nitrogen and oxygen atoms in total. The lowest BCUT2D eigenvalue weighted by Crippen LogP contribution is -2.13. The minimum atomic E-state index is -4.24. The Balaban J connectivity index is 2.75. The van der Waals surface area contributed by atoms with E-state index in [1.54, 1.807) is 6.07 Å². The molecule has 0 spiro atoms. The Labute approximate surface area is 102 Å². The molecule has 0 aromatic heterocycles. The summed E-state index contributed by atoms with van der Waals surface area (Å²) in [6, 6.07) is 3.15. The number of nitrogen functional groups attached to an aromatic ring is 1. The zero-order chi connectivity index (χ0) is 13.0. The first-order valence-corrected chi connectivity index (χ1v) is 6.99. The molecular formula is C12H17NO3S. The third-order valence-corrected chi connectivity index (χ3v) is 4.48. The summed E-state index contributed by atoms with van der Waals surface area (Å²) < 4.78 is 31.5. The minimum absolute atomic E-state index is 0.000613. The molecule has 1 aliphatic carbocycles. The van der Waals surface area contributed by atoms with Gasteiger partial charge in [0.05, 0.1) is 5.69 Å². The van der Waals surface area contributed by atoms with Crippen molar-refractivity contribution in [1.82, 2.24) is 0 Å². The van der Waals surface area contributed by atoms with Crippen molar-refractivity contribution in [2.24, 2.45) is 0 Å². The molecule has 1 atom stereocenters. The van der Waals surface area contributed by atoms with Crippen molar-refractivity contribution in [3.63, 3.8) is 0 Å². The number of nitrogens with two attached hydrogens (primary N) is 1. The molecule has 1 aromatic carbocycles. The van der Waals surface area contributed by atoms with Gasteiger partial charge in [-0.05, 0) is 34.9 Å². The highest BCUT2D eigenvalue weighted by Crippen LogP contribution is 2.49. The van der Waals surface area contributed by atoms with E-state index in [0.717, 1.165) is 17.5 Å². The molecule has 0 saturated heterocycles. The molecule has 3 N–H and O–H groups in total. The van der Waals surface area contributed by atoms with Crippen LogP contribution in [0.3, 0.4) is 0 Å². The van der Waals surface area contributed by atoms with Crippen LogP contribution in [-0.4, -0.2) is 13.0 Å². The van der Waals surface area contributed by atoms with E-state index in [2.05, 4.69) is 13.8 Å². The molecule has 2 rings (SSSR count). The van der Waals surface area contributed by atoms with Crippen molar-refractivity contribution in [1.29, 1.82) is 0 Å². The maximum absolute atomic E-state index is 11.2. The minimum Gasteiger partial charge on any atom is -0.397 e. The van der Waals surface area contributed by atoms with Crippen LogP contribution in [0.1, 0.15) is 44.2 Å². The summed E-state index contributed by atoms with van der Waals surface area (Å²) in [6.07, 6.45) is 0.932. The highest BCUT2D eigenvalue weighted by molar-refractivity contribution is 7.86. The van der Waals surface area contributed by atoms with E-state index in [4.69, 9.17) is 10.3 Å². The maximum Gasteiger partial charge on any atom is 0.296 e. The first-order chi connectivity index (χ1) is 7.64. The van der Waals surface area contributed by atoms with Crippen molar-refractivity contribution < 1.29 is 13.0 Å². The molecular weight excluding hydrogens is 238 g/mol. The van der Waals surface area contributed by atoms with Gasteiger partial charge in [-0.3, -0.25) is 4.55 Å². The van der Waals surface area contributed by atoms with E-state index >= 15 is 0 Å². The van der Waals surface area contributed by atoms with E-state index in [1.165, 1.54) is 6.07 Å². The van der Waals surface area contributed by atoms with Gasteiger partial charge in [0.1, 0.15) is 4.90 Å². The Hall–Kier alpha value is -1.07. The van der Waals surface area contributed by atoms with Crippen LogP contribution >= 0.6 is 0 Å². The Bertz CT molecular complexity index is 576. The van der Waals surface area contributed by atoms with Crippen LogP contribution in [0.5, 0.6) is 0 Å². The second-order valence-corrected chi connectivity index (χ2v) is 6.79. The van der Waals surface area contributed by atoms with Crippen LogP contribution in [0.4, 0.5) is 5.69 Å². The van der Waals surface area contributed by atoms with Crippen LogP contribution in [0, 0.1) is 0 Å². The lowest BCUT2D eigenvalue weighted by molar-refractivity contribution is 0.483. The van der Waals surface area contributed by atoms with E-state index in [-0.39, 0.29) is 21.9 Å². The molecule has 0 saturated carbocycles. The van der Waals surface area contributed by atoms with Gasteiger partial charge in [0, 0.05) is 0 Å². The number of benzene rings is 1. The summed E-state index contributed by atoms with van der Waals surface area (Å²) in [5, 5.41) is 0. The quantitative estimate of drug-likeness (QED) is 0.596. The summed E-state index contributed by atoms with van der Waals surface area (Å²) in [5.74, 6) is 0.210. The molecule has 94 valence electrons. The predicted octanol–water partition coefficient (Wildman–Crippen LogP) is 2.30. The molecule has 0 aliphatic heterocycles. The zero-order valence-corrected chi connectivity index (χ0v) is 11.0. The number of anilines is 1. The fourth-order valence-corrected chi connectivity index (χ4v) is 3.57. The average molecular weight is 255 g/mol. The number of rotatable bonds is 1. The maximum atomic E-state index is 11.2. The first-order valence-electron chi connectivity index (χ1n) is 5.55. The van der Waals surface area contributed by atoms with E-state index in [1.807, 2.05) is 6.92 Å². The van der Waals surface area contributed by atoms with Gasteiger partial charge in [0.2, 0.25) is 0 Å². The first kappa shape index (κ1) is 12.4. The van der Waals surface area contributed by atoms with E-state index < -0.39 is 10.1 Å². The number of hydrogen-bond acceptors (Lipinski definition) is 3. The van der Waals surface area contributed by atoms with Gasteiger partial charge in [-0.25, -0.2) is 0 Å². The highest BCUT2D eigenvalue weighted by Gasteiger charge is 2.37. The average Bonchev–Trinajstić information content (AvgIpc) is 2.36. The largest absolute Gasteiger partial charge is 0.397 e. The Morgan fingerprint density at radius 3 is 2.53 bits per heavy atom. The second kappa shape index (κ2) is 3.46. The molecule has 0 heterocycles. The van der Waals surface area contributed by atoms with Gasteiger partial charge in [-0.1, -0.05) is 26.8 Å². The van der Waals surface area contributed by atoms with Crippen LogP contribution in [-0.2, 0) is 15.5 Å². The van der Waals surface area contributed by atoms with Crippen molar-refractivity contribution in [2.45, 2.75) is 43.4 Å². The summed E-state index contributed by atoms with van der Waals surface area (Å²) in [6.45, 7) is 6.25. The van der Waals surface area contributed by atoms with Crippen molar-refractivity contribution >= 4 is 15.8 Å². The summed E-state index contributed by atoms with van der Waals surface area (Å²) >= 11 is 0. The number of fused-ring (bicyclic) bond motifs is 1. The predicted molar refractivity (Wildman–Crippen MR) is 66.7 cm³/mol. The fourth-order valence-electron chi connectivity index (χ4n) is 2.94. The topological polar surface area (TPSA) is 80.4 Å². The zero-order valence-electron chi connectivity index (χ0n) is 10.2. The monoisotopic (exact) mass is 255 g/mol. The molecule has 17 heavy (non-hydrogen) atoms. The third-order valence-electron chi connectivity index (χ3n) is 3.56. The number of hydrogen-bond donors (Lipinski definition) is 2. The van der Waals surface area contributed by atoms with Gasteiger partial charge in [0.15, 0.2) is 0 Å². The van der Waals surface area contributed by atoms with Gasteiger partial charge >= 0.3 is 0 Å². The van der Waals surface area contributed by atoms with Crippen molar-refractivity contribution in [2.75, 3.05) is 5.73 Å². The summed E-state index contributed by atoms with van der Waals surface area (Å²) in [5.41, 5.74) is 8.04. The Morgan fingerprint density at radius 2 is 2.00 bits per heavy atom. The lowest BCUT2D eigenvalue weighted by atomic mass is 9.86. The molecule has 0 fully saturated rings. The molecule has 1 aromatic rings. The van der Waals surface area contributed by atoms with Gasteiger partial charge in [-0.15, -0.1) is 0 Å². The van der Waals surface area contributed by atoms with Crippen LogP contribution in [0.15, 0.2) is 17.0 Å². The van der Waals surface area contributed by atoms with Gasteiger partial charge < -0.3 is 5.73 Å². The molecule has 5 heteroatoms. The van der Waals surface area contributed by atoms with Gasteiger partial charge in [0.25, 0.3) is 10.1 Å². The summed E-state index contributed by atoms with van der Waals surface area (Å²) in [7, 11) is -4.24. The fraction of sp³-hybridized carbons (Fsp3) is 0.500. The normalized spacial score (nSPS) is 22.5. The highest BCUT2D eigenvalue weighted by atomic mass is 32.2. The molecule has 0 amide bonds. The van der Waals surface area contributed by atoms with E-state index in [0.29, 0.717) is 0 Å². The lowest BCUT2D eigenvalue weighted by Gasteiger charge is -2.19. The van der Waals surface area contributed by atoms with Crippen molar-refractivity contribution in [3.8, 4) is 0 Å². The third kappa shape index (κ3) is 1.83. The molecule has 1 aliphatic rings. The molecule has 0 radical (unpaired) electrons. The SMILES string of the molecule is CC1CC(C)(C)c2ccc(S(=O)(=O)O)c(N)c21. The molecule has 1 unspecified atom stereocenters. The Morgan fingerprint density at radius 1 is 1.41 bits per heavy atom. The van der Waals surface area contributed by atoms with E-state index in [9.17, 15) is 8.42 Å². The van der Waals surface area contributed by atoms with Crippen LogP contribution in [0.2, 0.25) is 0 Å². The second-order valence-electron chi connectivity index (χ2n) is 5.40. The Kier molecular flexibility index (Phi) is 2.52. The standard InChI is InChI=1S/C12H17NO3S/c1-7-6-12(2,3)8-4-5-9(17(14,15)16)11(13)10(7)8/h4-5,7H,6,13H2,1-3H3,(H,14,15,16). The van der Waals surface area contributed by atoms with Crippen LogP contribution < -0.4 is 5.73 Å². The van der Waals surface area contributed by atoms with Gasteiger partial charge in [-0.2, -0.15) is 8.42 Å². The van der Waals surface area contributed by atoms with Crippen LogP contribution in [0.25, 0.3) is 0 Å².